The van der Waals surface area contributed by atoms with Gasteiger partial charge in [0.1, 0.15) is 0 Å². The Morgan fingerprint density at radius 2 is 1.95 bits per heavy atom. The highest BCUT2D eigenvalue weighted by Gasteiger charge is 2.11. The molecule has 22 heavy (non-hydrogen) atoms. The maximum atomic E-state index is 12.2. The first-order chi connectivity index (χ1) is 10.6. The Balaban J connectivity index is 1.89. The summed E-state index contributed by atoms with van der Waals surface area (Å²) in [7, 11) is 1.58. The highest BCUT2D eigenvalue weighted by atomic mass is 16.4. The second-order valence-corrected chi connectivity index (χ2v) is 4.75. The molecule has 0 bridgehead atoms. The summed E-state index contributed by atoms with van der Waals surface area (Å²) in [6.07, 6.45) is 0. The number of amides is 1. The average Bonchev–Trinajstić information content (AvgIpc) is 2.82. The number of hydrogen-bond donors (Lipinski definition) is 1. The van der Waals surface area contributed by atoms with Crippen LogP contribution in [0.4, 0.5) is 5.69 Å². The minimum absolute atomic E-state index is 0.305. The van der Waals surface area contributed by atoms with E-state index < -0.39 is 5.76 Å². The summed E-state index contributed by atoms with van der Waals surface area (Å²) < 4.78 is 6.36. The average molecular weight is 293 g/mol. The zero-order chi connectivity index (χ0) is 15.7. The maximum absolute atomic E-state index is 12.2. The van der Waals surface area contributed by atoms with Crippen LogP contribution in [0.2, 0.25) is 0 Å². The number of carbonyl (C=O) groups excluding carboxylic acids is 1. The van der Waals surface area contributed by atoms with E-state index in [0.29, 0.717) is 27.9 Å². The lowest BCUT2D eigenvalue weighted by Crippen LogP contribution is -2.12. The normalized spacial score (nSPS) is 10.4. The molecule has 1 heterocycles. The second kappa shape index (κ2) is 5.22. The molecule has 1 aromatic heterocycles. The van der Waals surface area contributed by atoms with E-state index in [0.717, 1.165) is 0 Å². The fraction of sp³-hybridized carbons (Fsp3) is 0.0625. The van der Waals surface area contributed by atoms with Crippen molar-refractivity contribution in [3.63, 3.8) is 0 Å². The van der Waals surface area contributed by atoms with Gasteiger partial charge in [0.05, 0.1) is 17.1 Å². The van der Waals surface area contributed by atoms with Crippen LogP contribution in [0.3, 0.4) is 0 Å². The molecule has 3 rings (SSSR count). The van der Waals surface area contributed by atoms with Gasteiger partial charge in [-0.2, -0.15) is 5.26 Å². The van der Waals surface area contributed by atoms with Gasteiger partial charge < -0.3 is 9.73 Å². The van der Waals surface area contributed by atoms with Crippen LogP contribution in [0.25, 0.3) is 11.1 Å². The van der Waals surface area contributed by atoms with Gasteiger partial charge in [0.2, 0.25) is 0 Å². The van der Waals surface area contributed by atoms with Crippen LogP contribution in [-0.2, 0) is 7.05 Å². The molecule has 6 heteroatoms. The lowest BCUT2D eigenvalue weighted by molar-refractivity contribution is 0.102. The Hall–Kier alpha value is -3.33. The number of nitrogens with one attached hydrogen (secondary N) is 1. The highest BCUT2D eigenvalue weighted by Crippen LogP contribution is 2.16. The molecule has 0 atom stereocenters. The number of oxazole rings is 1. The SMILES string of the molecule is Cn1c(=O)oc2ccc(C(=O)Nc3ccc(C#N)cc3)cc21. The molecule has 2 aromatic carbocycles. The third-order valence-electron chi connectivity index (χ3n) is 3.33. The van der Waals surface area contributed by atoms with Crippen molar-refractivity contribution in [3.05, 3.63) is 64.1 Å². The quantitative estimate of drug-likeness (QED) is 0.785. The van der Waals surface area contributed by atoms with Gasteiger partial charge in [-0.05, 0) is 42.5 Å². The Morgan fingerprint density at radius 3 is 2.64 bits per heavy atom. The molecule has 0 saturated heterocycles. The largest absolute Gasteiger partial charge is 0.419 e. The van der Waals surface area contributed by atoms with Crippen molar-refractivity contribution in [2.45, 2.75) is 0 Å². The molecule has 3 aromatic rings. The molecule has 0 unspecified atom stereocenters. The van der Waals surface area contributed by atoms with Crippen LogP contribution < -0.4 is 11.1 Å². The van der Waals surface area contributed by atoms with Crippen molar-refractivity contribution in [3.8, 4) is 6.07 Å². The number of nitrogens with zero attached hydrogens (tertiary/aromatic N) is 2. The molecule has 0 radical (unpaired) electrons. The van der Waals surface area contributed by atoms with Crippen LogP contribution in [-0.4, -0.2) is 10.5 Å². The predicted molar refractivity (Wildman–Crippen MR) is 80.6 cm³/mol. The number of rotatable bonds is 2. The number of fused-ring (bicyclic) bond motifs is 1. The molecule has 1 N–H and O–H groups in total. The molecular weight excluding hydrogens is 282 g/mol. The third-order valence-corrected chi connectivity index (χ3v) is 3.33. The van der Waals surface area contributed by atoms with Gasteiger partial charge in [-0.15, -0.1) is 0 Å². The van der Waals surface area contributed by atoms with Crippen LogP contribution >= 0.6 is 0 Å². The molecule has 6 nitrogen and oxygen atoms in total. The first-order valence-electron chi connectivity index (χ1n) is 6.49. The summed E-state index contributed by atoms with van der Waals surface area (Å²) in [4.78, 5) is 23.7. The second-order valence-electron chi connectivity index (χ2n) is 4.75. The van der Waals surface area contributed by atoms with Crippen LogP contribution in [0.5, 0.6) is 0 Å². The van der Waals surface area contributed by atoms with Gasteiger partial charge in [0, 0.05) is 18.3 Å². The third kappa shape index (κ3) is 2.36. The molecule has 0 aliphatic carbocycles. The Morgan fingerprint density at radius 1 is 1.23 bits per heavy atom. The van der Waals surface area contributed by atoms with Crippen molar-refractivity contribution in [2.75, 3.05) is 5.32 Å². The van der Waals surface area contributed by atoms with E-state index in [-0.39, 0.29) is 5.91 Å². The molecule has 0 spiro atoms. The molecule has 108 valence electrons. The van der Waals surface area contributed by atoms with Crippen LogP contribution in [0.15, 0.2) is 51.7 Å². The number of aromatic nitrogens is 1. The Labute approximate surface area is 125 Å². The molecule has 0 fully saturated rings. The minimum atomic E-state index is -0.473. The van der Waals surface area contributed by atoms with Crippen molar-refractivity contribution in [1.29, 1.82) is 5.26 Å². The zero-order valence-electron chi connectivity index (χ0n) is 11.7. The lowest BCUT2D eigenvalue weighted by Gasteiger charge is -2.05. The Bertz CT molecular complexity index is 959. The summed E-state index contributed by atoms with van der Waals surface area (Å²) in [5.41, 5.74) is 2.51. The van der Waals surface area contributed by atoms with Crippen LogP contribution in [0, 0.1) is 11.3 Å². The van der Waals surface area contributed by atoms with Crippen molar-refractivity contribution < 1.29 is 9.21 Å². The zero-order valence-corrected chi connectivity index (χ0v) is 11.7. The van der Waals surface area contributed by atoms with E-state index in [1.807, 2.05) is 6.07 Å². The standard InChI is InChI=1S/C16H11N3O3/c1-19-13-8-11(4-7-14(13)22-16(19)21)15(20)18-12-5-2-10(9-17)3-6-12/h2-8H,1H3,(H,18,20). The number of benzene rings is 2. The first kappa shape index (κ1) is 13.6. The fourth-order valence-corrected chi connectivity index (χ4v) is 2.10. The number of nitriles is 1. The smallest absolute Gasteiger partial charge is 0.408 e. The monoisotopic (exact) mass is 293 g/mol. The van der Waals surface area contributed by atoms with Gasteiger partial charge >= 0.3 is 5.76 Å². The van der Waals surface area contributed by atoms with E-state index in [4.69, 9.17) is 9.68 Å². The summed E-state index contributed by atoms with van der Waals surface area (Å²) in [6, 6.07) is 13.3. The molecular formula is C16H11N3O3. The van der Waals surface area contributed by atoms with Gasteiger partial charge in [-0.3, -0.25) is 9.36 Å². The molecule has 0 aliphatic rings. The Kier molecular flexibility index (Phi) is 3.24. The summed E-state index contributed by atoms with van der Waals surface area (Å²) >= 11 is 0. The lowest BCUT2D eigenvalue weighted by atomic mass is 10.1. The maximum Gasteiger partial charge on any atom is 0.419 e. The number of hydrogen-bond acceptors (Lipinski definition) is 4. The van der Waals surface area contributed by atoms with E-state index in [1.54, 1.807) is 49.5 Å². The van der Waals surface area contributed by atoms with Crippen LogP contribution in [0.1, 0.15) is 15.9 Å². The van der Waals surface area contributed by atoms with E-state index in [1.165, 1.54) is 4.57 Å². The van der Waals surface area contributed by atoms with Crippen molar-refractivity contribution in [2.24, 2.45) is 7.05 Å². The summed E-state index contributed by atoms with van der Waals surface area (Å²) in [6.45, 7) is 0. The molecule has 1 amide bonds. The fourth-order valence-electron chi connectivity index (χ4n) is 2.10. The molecule has 0 saturated carbocycles. The van der Waals surface area contributed by atoms with Gasteiger partial charge in [-0.25, -0.2) is 4.79 Å². The first-order valence-corrected chi connectivity index (χ1v) is 6.49. The number of carbonyl (C=O) groups is 1. The molecule has 0 aliphatic heterocycles. The van der Waals surface area contributed by atoms with Crippen molar-refractivity contribution in [1.82, 2.24) is 4.57 Å². The van der Waals surface area contributed by atoms with E-state index in [2.05, 4.69) is 5.32 Å². The summed E-state index contributed by atoms with van der Waals surface area (Å²) in [5, 5.41) is 11.5. The van der Waals surface area contributed by atoms with Gasteiger partial charge in [0.25, 0.3) is 5.91 Å². The number of anilines is 1. The van der Waals surface area contributed by atoms with E-state index >= 15 is 0 Å². The summed E-state index contributed by atoms with van der Waals surface area (Å²) in [5.74, 6) is -0.778. The highest BCUT2D eigenvalue weighted by molar-refractivity contribution is 6.05. The van der Waals surface area contributed by atoms with Gasteiger partial charge in [0.15, 0.2) is 5.58 Å². The van der Waals surface area contributed by atoms with E-state index in [9.17, 15) is 9.59 Å². The predicted octanol–water partition coefficient (Wildman–Crippen LogP) is 2.26. The van der Waals surface area contributed by atoms with Gasteiger partial charge in [-0.1, -0.05) is 0 Å². The minimum Gasteiger partial charge on any atom is -0.408 e. The van der Waals surface area contributed by atoms with Crippen molar-refractivity contribution >= 4 is 22.7 Å². The number of aryl methyl sites for hydroxylation is 1. The topological polar surface area (TPSA) is 88.0 Å².